The number of carbonyl (C=O) groups excluding carboxylic acids is 1. The molecule has 6 nitrogen and oxygen atoms in total. The molecule has 1 aliphatic rings. The fraction of sp³-hybridized carbons (Fsp3) is 0.286. The molecule has 0 amide bonds. The van der Waals surface area contributed by atoms with Crippen molar-refractivity contribution in [2.24, 2.45) is 0 Å². The molecule has 1 N–H and O–H groups in total. The highest BCUT2D eigenvalue weighted by Crippen LogP contribution is 2.47. The first kappa shape index (κ1) is 19.8. The molecular formula is C21H21ClN4O2S. The van der Waals surface area contributed by atoms with Gasteiger partial charge < -0.3 is 10.1 Å². The fourth-order valence-electron chi connectivity index (χ4n) is 3.49. The molecule has 3 aromatic rings. The third-order valence-electron chi connectivity index (χ3n) is 4.84. The second-order valence-corrected chi connectivity index (χ2v) is 8.17. The van der Waals surface area contributed by atoms with Crippen LogP contribution in [0.15, 0.2) is 42.6 Å². The van der Waals surface area contributed by atoms with Gasteiger partial charge in [-0.3, -0.25) is 4.98 Å². The van der Waals surface area contributed by atoms with Crippen molar-refractivity contribution in [2.45, 2.75) is 18.7 Å². The lowest BCUT2D eigenvalue weighted by molar-refractivity contribution is 0.0600. The molecule has 29 heavy (non-hydrogen) atoms. The molecule has 0 bridgehead atoms. The highest BCUT2D eigenvalue weighted by atomic mass is 35.5. The lowest BCUT2D eigenvalue weighted by atomic mass is 10.0. The van der Waals surface area contributed by atoms with Crippen LogP contribution in [-0.4, -0.2) is 40.1 Å². The Morgan fingerprint density at radius 3 is 2.93 bits per heavy atom. The molecule has 8 heteroatoms. The quantitative estimate of drug-likeness (QED) is 0.610. The zero-order chi connectivity index (χ0) is 20.4. The Morgan fingerprint density at radius 1 is 1.38 bits per heavy atom. The number of nitrogens with one attached hydrogen (secondary N) is 1. The number of aryl methyl sites for hydroxylation is 1. The molecule has 1 unspecified atom stereocenters. The van der Waals surface area contributed by atoms with E-state index in [1.54, 1.807) is 30.1 Å². The van der Waals surface area contributed by atoms with Crippen LogP contribution >= 0.6 is 23.4 Å². The van der Waals surface area contributed by atoms with Crippen molar-refractivity contribution in [3.63, 3.8) is 0 Å². The van der Waals surface area contributed by atoms with E-state index in [1.807, 2.05) is 28.9 Å². The first-order valence-electron chi connectivity index (χ1n) is 9.39. The molecular weight excluding hydrogens is 408 g/mol. The summed E-state index contributed by atoms with van der Waals surface area (Å²) in [6.45, 7) is 3.65. The van der Waals surface area contributed by atoms with Crippen LogP contribution in [-0.2, 0) is 11.3 Å². The number of carbonyl (C=O) groups is 1. The van der Waals surface area contributed by atoms with Gasteiger partial charge in [0.25, 0.3) is 0 Å². The van der Waals surface area contributed by atoms with E-state index < -0.39 is 5.97 Å². The van der Waals surface area contributed by atoms with E-state index in [9.17, 15) is 4.79 Å². The number of pyridine rings is 1. The number of benzene rings is 1. The summed E-state index contributed by atoms with van der Waals surface area (Å²) in [6.07, 6.45) is 1.77. The summed E-state index contributed by atoms with van der Waals surface area (Å²) >= 11 is 8.44. The van der Waals surface area contributed by atoms with E-state index in [4.69, 9.17) is 21.4 Å². The van der Waals surface area contributed by atoms with Crippen molar-refractivity contribution in [1.82, 2.24) is 14.8 Å². The van der Waals surface area contributed by atoms with Crippen LogP contribution in [0.25, 0.3) is 11.4 Å². The average Bonchev–Trinajstić information content (AvgIpc) is 2.99. The Labute approximate surface area is 178 Å². The maximum Gasteiger partial charge on any atom is 0.337 e. The smallest absolute Gasteiger partial charge is 0.337 e. The number of hydrogen-bond acceptors (Lipinski definition) is 6. The van der Waals surface area contributed by atoms with Gasteiger partial charge in [-0.1, -0.05) is 23.7 Å². The first-order valence-corrected chi connectivity index (χ1v) is 10.8. The number of esters is 1. The van der Waals surface area contributed by atoms with Crippen molar-refractivity contribution >= 4 is 35.1 Å². The second kappa shape index (κ2) is 8.47. The predicted molar refractivity (Wildman–Crippen MR) is 117 cm³/mol. The normalized spacial score (nSPS) is 15.9. The highest BCUT2D eigenvalue weighted by molar-refractivity contribution is 7.99. The van der Waals surface area contributed by atoms with Crippen molar-refractivity contribution in [3.05, 3.63) is 64.3 Å². The number of aromatic nitrogens is 3. The third-order valence-corrected chi connectivity index (χ3v) is 6.43. The maximum absolute atomic E-state index is 11.9. The minimum atomic E-state index is -0.401. The molecule has 150 valence electrons. The number of rotatable bonds is 4. The Kier molecular flexibility index (Phi) is 5.78. The monoisotopic (exact) mass is 428 g/mol. The molecule has 0 saturated heterocycles. The minimum Gasteiger partial charge on any atom is -0.465 e. The largest absolute Gasteiger partial charge is 0.465 e. The molecule has 0 fully saturated rings. The van der Waals surface area contributed by atoms with Crippen LogP contribution in [0.4, 0.5) is 5.82 Å². The number of anilines is 1. The van der Waals surface area contributed by atoms with E-state index >= 15 is 0 Å². The van der Waals surface area contributed by atoms with Crippen molar-refractivity contribution in [3.8, 4) is 11.4 Å². The highest BCUT2D eigenvalue weighted by Gasteiger charge is 2.31. The van der Waals surface area contributed by atoms with Gasteiger partial charge in [-0.2, -0.15) is 5.10 Å². The summed E-state index contributed by atoms with van der Waals surface area (Å²) in [7, 11) is 1.36. The van der Waals surface area contributed by atoms with Gasteiger partial charge in [-0.25, -0.2) is 9.48 Å². The minimum absolute atomic E-state index is 0.0310. The molecule has 1 aromatic carbocycles. The lowest BCUT2D eigenvalue weighted by Crippen LogP contribution is -2.08. The maximum atomic E-state index is 11.9. The Hall–Kier alpha value is -2.51. The zero-order valence-corrected chi connectivity index (χ0v) is 17.8. The number of ether oxygens (including phenoxy) is 1. The van der Waals surface area contributed by atoms with Crippen molar-refractivity contribution < 1.29 is 9.53 Å². The lowest BCUT2D eigenvalue weighted by Gasteiger charge is -2.18. The van der Waals surface area contributed by atoms with Crippen LogP contribution in [0.1, 0.15) is 33.7 Å². The second-order valence-electron chi connectivity index (χ2n) is 6.55. The number of fused-ring (bicyclic) bond motifs is 1. The summed E-state index contributed by atoms with van der Waals surface area (Å²) in [5.74, 6) is 1.51. The number of halogens is 1. The number of thioether (sulfide) groups is 1. The molecule has 4 rings (SSSR count). The van der Waals surface area contributed by atoms with Crippen molar-refractivity contribution in [1.29, 1.82) is 0 Å². The van der Waals surface area contributed by atoms with E-state index in [0.717, 1.165) is 47.2 Å². The van der Waals surface area contributed by atoms with Gasteiger partial charge in [0.15, 0.2) is 0 Å². The molecule has 2 aromatic heterocycles. The number of hydrogen-bond donors (Lipinski definition) is 1. The Balaban J connectivity index is 1.88. The Morgan fingerprint density at radius 2 is 2.24 bits per heavy atom. The summed E-state index contributed by atoms with van der Waals surface area (Å²) in [5.41, 5.74) is 4.13. The van der Waals surface area contributed by atoms with Gasteiger partial charge in [-0.05, 0) is 36.8 Å². The van der Waals surface area contributed by atoms with Gasteiger partial charge in [0, 0.05) is 35.6 Å². The molecule has 0 saturated carbocycles. The summed E-state index contributed by atoms with van der Waals surface area (Å²) in [4.78, 5) is 16.4. The average molecular weight is 429 g/mol. The van der Waals surface area contributed by atoms with E-state index in [1.165, 1.54) is 7.11 Å². The first-order chi connectivity index (χ1) is 14.1. The van der Waals surface area contributed by atoms with E-state index in [-0.39, 0.29) is 5.25 Å². The molecule has 0 aliphatic carbocycles. The summed E-state index contributed by atoms with van der Waals surface area (Å²) < 4.78 is 6.79. The predicted octanol–water partition coefficient (Wildman–Crippen LogP) is 4.65. The molecule has 3 heterocycles. The van der Waals surface area contributed by atoms with Crippen LogP contribution < -0.4 is 5.32 Å². The topological polar surface area (TPSA) is 69.0 Å². The SMILES string of the molecule is CCn1nc(-c2ccccn2)c2c1NCCSC2c1ccc(C(=O)OC)cc1Cl. The third kappa shape index (κ3) is 3.72. The van der Waals surface area contributed by atoms with Crippen molar-refractivity contribution in [2.75, 3.05) is 24.7 Å². The van der Waals surface area contributed by atoms with Gasteiger partial charge in [0.2, 0.25) is 0 Å². The van der Waals surface area contributed by atoms with Crippen LogP contribution in [0.2, 0.25) is 5.02 Å². The van der Waals surface area contributed by atoms with Gasteiger partial charge >= 0.3 is 5.97 Å². The number of nitrogens with zero attached hydrogens (tertiary/aromatic N) is 3. The van der Waals surface area contributed by atoms with Gasteiger partial charge in [0.1, 0.15) is 11.5 Å². The Bertz CT molecular complexity index is 1040. The van der Waals surface area contributed by atoms with E-state index in [2.05, 4.69) is 17.2 Å². The number of methoxy groups -OCH3 is 1. The summed E-state index contributed by atoms with van der Waals surface area (Å²) in [5, 5.41) is 8.88. The fourth-order valence-corrected chi connectivity index (χ4v) is 5.08. The zero-order valence-electron chi connectivity index (χ0n) is 16.2. The molecule has 1 aliphatic heterocycles. The molecule has 1 atom stereocenters. The van der Waals surface area contributed by atoms with E-state index in [0.29, 0.717) is 10.6 Å². The van der Waals surface area contributed by atoms with Crippen LogP contribution in [0, 0.1) is 0 Å². The standard InChI is InChI=1S/C21H21ClN4O2S/c1-3-26-20-17(18(25-26)16-6-4-5-9-23-16)19(29-11-10-24-20)14-8-7-13(12-15(14)22)21(27)28-2/h4-9,12,19,24H,3,10-11H2,1-2H3. The molecule has 0 radical (unpaired) electrons. The molecule has 0 spiro atoms. The van der Waals surface area contributed by atoms with Gasteiger partial charge in [0.05, 0.1) is 23.6 Å². The van der Waals surface area contributed by atoms with Crippen LogP contribution in [0.5, 0.6) is 0 Å². The summed E-state index contributed by atoms with van der Waals surface area (Å²) in [6, 6.07) is 11.2. The van der Waals surface area contributed by atoms with Gasteiger partial charge in [-0.15, -0.1) is 11.8 Å². The van der Waals surface area contributed by atoms with Crippen LogP contribution in [0.3, 0.4) is 0 Å².